The zero-order chi connectivity index (χ0) is 27.2. The summed E-state index contributed by atoms with van der Waals surface area (Å²) in [4.78, 5) is 47.9. The number of aliphatic imine (C=N–C) groups is 1. The SMILES string of the molecule is Cc1ccc(S(=O)(=O)NC(=O)Nc2ccc(-n3c(=O)[nH]c4cc(C5=NCCN5C)ccc4c3=O)c(F)c2)s1. The average molecular weight is 557 g/mol. The van der Waals surface area contributed by atoms with Crippen molar-refractivity contribution in [3.05, 3.63) is 85.6 Å². The monoisotopic (exact) mass is 556 g/mol. The number of halogens is 1. The Morgan fingerprint density at radius 2 is 1.92 bits per heavy atom. The van der Waals surface area contributed by atoms with E-state index in [9.17, 15) is 22.8 Å². The maximum Gasteiger partial charge on any atom is 0.333 e. The number of anilines is 1. The lowest BCUT2D eigenvalue weighted by atomic mass is 10.1. The molecule has 4 aromatic rings. The van der Waals surface area contributed by atoms with Gasteiger partial charge in [0.2, 0.25) is 0 Å². The maximum absolute atomic E-state index is 15.0. The number of likely N-dealkylation sites (N-methyl/N-ethyl adjacent to an activating group) is 1. The number of aryl methyl sites for hydroxylation is 1. The Morgan fingerprint density at radius 1 is 1.13 bits per heavy atom. The molecule has 0 bridgehead atoms. The van der Waals surface area contributed by atoms with Crippen molar-refractivity contribution in [2.75, 3.05) is 25.5 Å². The normalized spacial score (nSPS) is 13.6. The summed E-state index contributed by atoms with van der Waals surface area (Å²) in [7, 11) is -2.21. The average Bonchev–Trinajstić information content (AvgIpc) is 3.48. The third-order valence-electron chi connectivity index (χ3n) is 5.87. The smallest absolute Gasteiger partial charge is 0.333 e. The largest absolute Gasteiger partial charge is 0.358 e. The summed E-state index contributed by atoms with van der Waals surface area (Å²) >= 11 is 0.992. The second-order valence-corrected chi connectivity index (χ2v) is 11.7. The lowest BCUT2D eigenvalue weighted by molar-refractivity contribution is 0.256. The first-order valence-electron chi connectivity index (χ1n) is 11.3. The number of benzene rings is 2. The summed E-state index contributed by atoms with van der Waals surface area (Å²) in [5.74, 6) is -0.238. The van der Waals surface area contributed by atoms with Gasteiger partial charge in [-0.3, -0.25) is 9.79 Å². The molecule has 0 radical (unpaired) electrons. The van der Waals surface area contributed by atoms with Gasteiger partial charge < -0.3 is 15.2 Å². The molecule has 1 aliphatic rings. The van der Waals surface area contributed by atoms with Crippen LogP contribution >= 0.6 is 11.3 Å². The van der Waals surface area contributed by atoms with E-state index in [1.165, 1.54) is 12.1 Å². The molecule has 2 aromatic carbocycles. The van der Waals surface area contributed by atoms with E-state index in [-0.39, 0.29) is 26.5 Å². The van der Waals surface area contributed by atoms with Crippen LogP contribution in [-0.2, 0) is 10.0 Å². The van der Waals surface area contributed by atoms with E-state index in [0.717, 1.165) is 46.3 Å². The molecule has 14 heteroatoms. The molecule has 0 fully saturated rings. The molecule has 1 aliphatic heterocycles. The Balaban J connectivity index is 1.42. The second kappa shape index (κ2) is 9.54. The van der Waals surface area contributed by atoms with Crippen LogP contribution in [0.1, 0.15) is 10.4 Å². The summed E-state index contributed by atoms with van der Waals surface area (Å²) in [5.41, 5.74) is -0.981. The number of carbonyl (C=O) groups excluding carboxylic acids is 1. The van der Waals surface area contributed by atoms with Gasteiger partial charge in [-0.15, -0.1) is 11.3 Å². The summed E-state index contributed by atoms with van der Waals surface area (Å²) in [6, 6.07) is 10.0. The molecular formula is C24H21FN6O5S2. The predicted octanol–water partition coefficient (Wildman–Crippen LogP) is 2.39. The first-order chi connectivity index (χ1) is 18.0. The molecular weight excluding hydrogens is 535 g/mol. The lowest BCUT2D eigenvalue weighted by Crippen LogP contribution is -2.35. The molecule has 5 rings (SSSR count). The quantitative estimate of drug-likeness (QED) is 0.344. The van der Waals surface area contributed by atoms with Gasteiger partial charge in [-0.05, 0) is 49.4 Å². The Kier molecular flexibility index (Phi) is 6.36. The van der Waals surface area contributed by atoms with Crippen LogP contribution in [0.15, 0.2) is 67.3 Å². The van der Waals surface area contributed by atoms with E-state index in [1.807, 2.05) is 16.7 Å². The van der Waals surface area contributed by atoms with Gasteiger partial charge in [-0.25, -0.2) is 31.7 Å². The van der Waals surface area contributed by atoms with Crippen molar-refractivity contribution in [2.45, 2.75) is 11.1 Å². The van der Waals surface area contributed by atoms with Crippen LogP contribution in [0, 0.1) is 12.7 Å². The molecule has 0 aliphatic carbocycles. The van der Waals surface area contributed by atoms with Crippen molar-refractivity contribution in [3.63, 3.8) is 0 Å². The van der Waals surface area contributed by atoms with Crippen LogP contribution in [0.3, 0.4) is 0 Å². The molecule has 2 aromatic heterocycles. The van der Waals surface area contributed by atoms with E-state index >= 15 is 4.39 Å². The highest BCUT2D eigenvalue weighted by Gasteiger charge is 2.21. The number of amidine groups is 1. The molecule has 3 N–H and O–H groups in total. The summed E-state index contributed by atoms with van der Waals surface area (Å²) in [6.45, 7) is 3.14. The molecule has 0 saturated heterocycles. The van der Waals surface area contributed by atoms with Crippen molar-refractivity contribution < 1.29 is 17.6 Å². The molecule has 0 unspecified atom stereocenters. The van der Waals surface area contributed by atoms with Crippen molar-refractivity contribution >= 4 is 49.8 Å². The van der Waals surface area contributed by atoms with Gasteiger partial charge in [0.25, 0.3) is 15.6 Å². The first kappa shape index (κ1) is 25.4. The number of hydrogen-bond donors (Lipinski definition) is 3. The van der Waals surface area contributed by atoms with Crippen LogP contribution in [0.4, 0.5) is 14.9 Å². The molecule has 38 heavy (non-hydrogen) atoms. The first-order valence-corrected chi connectivity index (χ1v) is 13.6. The number of thiophene rings is 1. The number of hydrogen-bond acceptors (Lipinski definition) is 8. The highest BCUT2D eigenvalue weighted by molar-refractivity contribution is 7.92. The van der Waals surface area contributed by atoms with Gasteiger partial charge in [0.1, 0.15) is 15.9 Å². The van der Waals surface area contributed by atoms with Crippen molar-refractivity contribution in [2.24, 2.45) is 4.99 Å². The topological polar surface area (TPSA) is 146 Å². The van der Waals surface area contributed by atoms with Gasteiger partial charge in [0.15, 0.2) is 0 Å². The zero-order valence-corrected chi connectivity index (χ0v) is 21.7. The minimum atomic E-state index is -4.10. The number of urea groups is 1. The van der Waals surface area contributed by atoms with Gasteiger partial charge >= 0.3 is 11.7 Å². The molecule has 0 atom stereocenters. The summed E-state index contributed by atoms with van der Waals surface area (Å²) < 4.78 is 42.2. The zero-order valence-electron chi connectivity index (χ0n) is 20.1. The lowest BCUT2D eigenvalue weighted by Gasteiger charge is -2.14. The Bertz CT molecular complexity index is 1860. The van der Waals surface area contributed by atoms with Crippen LogP contribution in [0.5, 0.6) is 0 Å². The van der Waals surface area contributed by atoms with Crippen LogP contribution in [0.2, 0.25) is 0 Å². The van der Waals surface area contributed by atoms with Gasteiger partial charge in [0, 0.05) is 29.7 Å². The summed E-state index contributed by atoms with van der Waals surface area (Å²) in [6.07, 6.45) is 0. The third kappa shape index (κ3) is 4.70. The number of fused-ring (bicyclic) bond motifs is 1. The molecule has 0 saturated carbocycles. The fourth-order valence-electron chi connectivity index (χ4n) is 4.07. The number of rotatable bonds is 5. The van der Waals surface area contributed by atoms with Crippen LogP contribution in [-0.4, -0.2) is 54.9 Å². The van der Waals surface area contributed by atoms with Crippen molar-refractivity contribution in [1.82, 2.24) is 19.2 Å². The van der Waals surface area contributed by atoms with Crippen LogP contribution in [0.25, 0.3) is 16.6 Å². The van der Waals surface area contributed by atoms with Gasteiger partial charge in [0.05, 0.1) is 23.1 Å². The molecule has 0 spiro atoms. The van der Waals surface area contributed by atoms with Crippen LogP contribution < -0.4 is 21.3 Å². The minimum absolute atomic E-state index is 0.0445. The van der Waals surface area contributed by atoms with Crippen molar-refractivity contribution in [3.8, 4) is 5.69 Å². The van der Waals surface area contributed by atoms with Gasteiger partial charge in [-0.1, -0.05) is 6.07 Å². The van der Waals surface area contributed by atoms with Gasteiger partial charge in [-0.2, -0.15) is 0 Å². The molecule has 3 heterocycles. The van der Waals surface area contributed by atoms with E-state index in [2.05, 4.69) is 15.3 Å². The number of nitrogens with zero attached hydrogens (tertiary/aromatic N) is 3. The summed E-state index contributed by atoms with van der Waals surface area (Å²) in [5, 5.41) is 2.41. The Labute approximate surface area is 219 Å². The van der Waals surface area contributed by atoms with E-state index in [4.69, 9.17) is 0 Å². The standard InChI is InChI=1S/C24H21FN6O5S2/c1-13-3-8-20(37-13)38(35,36)29-23(33)27-15-5-7-19(17(25)12-15)31-22(32)16-6-4-14(11-18(16)28-24(31)34)21-26-9-10-30(21)2/h3-8,11-12H,9-10H2,1-2H3,(H,28,34)(H2,27,29,33). The number of nitrogens with one attached hydrogen (secondary N) is 3. The van der Waals surface area contributed by atoms with E-state index in [1.54, 1.807) is 31.2 Å². The minimum Gasteiger partial charge on any atom is -0.358 e. The highest BCUT2D eigenvalue weighted by atomic mass is 32.2. The molecule has 2 amide bonds. The Morgan fingerprint density at radius 3 is 2.58 bits per heavy atom. The van der Waals surface area contributed by atoms with E-state index < -0.39 is 33.1 Å². The number of aromatic amines is 1. The predicted molar refractivity (Wildman–Crippen MR) is 143 cm³/mol. The maximum atomic E-state index is 15.0. The number of carbonyl (C=O) groups is 1. The highest BCUT2D eigenvalue weighted by Crippen LogP contribution is 2.21. The number of sulfonamides is 1. The fourth-order valence-corrected chi connectivity index (χ4v) is 6.26. The molecule has 11 nitrogen and oxygen atoms in total. The fraction of sp³-hybridized carbons (Fsp3) is 0.167. The van der Waals surface area contributed by atoms with E-state index in [0.29, 0.717) is 11.1 Å². The number of aromatic nitrogens is 2. The molecule has 196 valence electrons. The van der Waals surface area contributed by atoms with Crippen molar-refractivity contribution in [1.29, 1.82) is 0 Å². The number of H-pyrrole nitrogens is 1. The third-order valence-corrected chi connectivity index (χ3v) is 8.69. The number of amides is 2. The second-order valence-electron chi connectivity index (χ2n) is 8.55. The Hall–Kier alpha value is -4.30.